The van der Waals surface area contributed by atoms with E-state index in [9.17, 15) is 0 Å². The SMILES string of the molecule is ClCc1c(Cl)cccc1OCc1ccccc1Br. The van der Waals surface area contributed by atoms with E-state index in [4.69, 9.17) is 27.9 Å². The zero-order valence-electron chi connectivity index (χ0n) is 9.50. The summed E-state index contributed by atoms with van der Waals surface area (Å²) >= 11 is 15.4. The summed E-state index contributed by atoms with van der Waals surface area (Å²) in [4.78, 5) is 0. The number of halogens is 3. The molecule has 0 amide bonds. The maximum atomic E-state index is 6.07. The standard InChI is InChI=1S/C14H11BrCl2O/c15-12-5-2-1-4-10(12)9-18-14-7-3-6-13(17)11(14)8-16/h1-7H,8-9H2. The van der Waals surface area contributed by atoms with Crippen LogP contribution in [-0.2, 0) is 12.5 Å². The van der Waals surface area contributed by atoms with E-state index in [1.54, 1.807) is 0 Å². The van der Waals surface area contributed by atoms with E-state index >= 15 is 0 Å². The molecule has 0 atom stereocenters. The Bertz CT molecular complexity index is 543. The van der Waals surface area contributed by atoms with E-state index < -0.39 is 0 Å². The van der Waals surface area contributed by atoms with E-state index in [-0.39, 0.29) is 0 Å². The molecule has 0 bridgehead atoms. The summed E-state index contributed by atoms with van der Waals surface area (Å²) in [7, 11) is 0. The van der Waals surface area contributed by atoms with Crippen LogP contribution in [0.4, 0.5) is 0 Å². The normalized spacial score (nSPS) is 10.4. The molecule has 0 saturated carbocycles. The summed E-state index contributed by atoms with van der Waals surface area (Å²) < 4.78 is 6.80. The summed E-state index contributed by atoms with van der Waals surface area (Å²) in [5, 5.41) is 0.634. The Hall–Kier alpha value is -0.700. The van der Waals surface area contributed by atoms with Crippen molar-refractivity contribution in [3.8, 4) is 5.75 Å². The average Bonchev–Trinajstić information content (AvgIpc) is 2.38. The van der Waals surface area contributed by atoms with E-state index in [1.165, 1.54) is 0 Å². The van der Waals surface area contributed by atoms with Crippen molar-refractivity contribution in [1.29, 1.82) is 0 Å². The van der Waals surface area contributed by atoms with Crippen LogP contribution < -0.4 is 4.74 Å². The second-order valence-corrected chi connectivity index (χ2v) is 5.26. The van der Waals surface area contributed by atoms with Gasteiger partial charge in [-0.05, 0) is 18.2 Å². The van der Waals surface area contributed by atoms with Crippen LogP contribution in [0, 0.1) is 0 Å². The lowest BCUT2D eigenvalue weighted by atomic mass is 10.2. The van der Waals surface area contributed by atoms with E-state index in [2.05, 4.69) is 15.9 Å². The van der Waals surface area contributed by atoms with Gasteiger partial charge in [-0.1, -0.05) is 51.8 Å². The van der Waals surface area contributed by atoms with Crippen LogP contribution in [0.25, 0.3) is 0 Å². The molecule has 4 heteroatoms. The average molecular weight is 346 g/mol. The number of hydrogen-bond acceptors (Lipinski definition) is 1. The highest BCUT2D eigenvalue weighted by atomic mass is 79.9. The molecule has 1 nitrogen and oxygen atoms in total. The highest BCUT2D eigenvalue weighted by Crippen LogP contribution is 2.29. The Balaban J connectivity index is 2.16. The van der Waals surface area contributed by atoms with Gasteiger partial charge in [-0.15, -0.1) is 11.6 Å². The first-order chi connectivity index (χ1) is 8.72. The van der Waals surface area contributed by atoms with Crippen LogP contribution >= 0.6 is 39.1 Å². The third-order valence-corrected chi connectivity index (χ3v) is 3.95. The van der Waals surface area contributed by atoms with Gasteiger partial charge in [0.1, 0.15) is 12.4 Å². The van der Waals surface area contributed by atoms with Crippen LogP contribution in [-0.4, -0.2) is 0 Å². The number of alkyl halides is 1. The number of benzene rings is 2. The fourth-order valence-electron chi connectivity index (χ4n) is 1.57. The Morgan fingerprint density at radius 2 is 1.83 bits per heavy atom. The van der Waals surface area contributed by atoms with Gasteiger partial charge in [0.05, 0.1) is 5.88 Å². The number of rotatable bonds is 4. The van der Waals surface area contributed by atoms with Gasteiger partial charge in [-0.2, -0.15) is 0 Å². The van der Waals surface area contributed by atoms with E-state index in [0.29, 0.717) is 17.5 Å². The Labute approximate surface area is 125 Å². The van der Waals surface area contributed by atoms with Crippen LogP contribution in [0.5, 0.6) is 5.75 Å². The second kappa shape index (κ2) is 6.46. The third-order valence-electron chi connectivity index (χ3n) is 2.55. The predicted octanol–water partition coefficient (Wildman–Crippen LogP) is 5.42. The van der Waals surface area contributed by atoms with Crippen LogP contribution in [0.1, 0.15) is 11.1 Å². The smallest absolute Gasteiger partial charge is 0.125 e. The van der Waals surface area contributed by atoms with Gasteiger partial charge in [0.15, 0.2) is 0 Å². The Morgan fingerprint density at radius 3 is 2.56 bits per heavy atom. The first-order valence-corrected chi connectivity index (χ1v) is 7.12. The summed E-state index contributed by atoms with van der Waals surface area (Å²) in [6.45, 7) is 0.478. The molecular weight excluding hydrogens is 335 g/mol. The van der Waals surface area contributed by atoms with Gasteiger partial charge in [-0.25, -0.2) is 0 Å². The van der Waals surface area contributed by atoms with Gasteiger partial charge in [0.25, 0.3) is 0 Å². The van der Waals surface area contributed by atoms with Crippen molar-refractivity contribution in [2.24, 2.45) is 0 Å². The molecule has 2 aromatic rings. The molecule has 2 aromatic carbocycles. The molecule has 0 fully saturated rings. The molecule has 0 saturated heterocycles. The van der Waals surface area contributed by atoms with Gasteiger partial charge in [-0.3, -0.25) is 0 Å². The van der Waals surface area contributed by atoms with Crippen molar-refractivity contribution < 1.29 is 4.74 Å². The topological polar surface area (TPSA) is 9.23 Å². The molecule has 0 unspecified atom stereocenters. The molecule has 0 aliphatic carbocycles. The minimum atomic E-state index is 0.338. The van der Waals surface area contributed by atoms with Gasteiger partial charge < -0.3 is 4.74 Å². The summed E-state index contributed by atoms with van der Waals surface area (Å²) in [6.07, 6.45) is 0. The molecule has 18 heavy (non-hydrogen) atoms. The van der Waals surface area contributed by atoms with Crippen molar-refractivity contribution >= 4 is 39.1 Å². The molecule has 94 valence electrons. The van der Waals surface area contributed by atoms with Gasteiger partial charge >= 0.3 is 0 Å². The largest absolute Gasteiger partial charge is 0.488 e. The van der Waals surface area contributed by atoms with Crippen LogP contribution in [0.3, 0.4) is 0 Å². The molecule has 0 aliphatic heterocycles. The second-order valence-electron chi connectivity index (χ2n) is 3.73. The first-order valence-electron chi connectivity index (χ1n) is 5.42. The van der Waals surface area contributed by atoms with Crippen molar-refractivity contribution in [3.63, 3.8) is 0 Å². The van der Waals surface area contributed by atoms with Gasteiger partial charge in [0, 0.05) is 20.6 Å². The van der Waals surface area contributed by atoms with Crippen molar-refractivity contribution in [2.45, 2.75) is 12.5 Å². The predicted molar refractivity (Wildman–Crippen MR) is 79.5 cm³/mol. The van der Waals surface area contributed by atoms with Gasteiger partial charge in [0.2, 0.25) is 0 Å². The molecule has 0 aromatic heterocycles. The quantitative estimate of drug-likeness (QED) is 0.672. The number of hydrogen-bond donors (Lipinski definition) is 0. The Morgan fingerprint density at radius 1 is 1.06 bits per heavy atom. The maximum Gasteiger partial charge on any atom is 0.125 e. The summed E-state index contributed by atoms with van der Waals surface area (Å²) in [5.41, 5.74) is 1.91. The molecule has 2 rings (SSSR count). The third kappa shape index (κ3) is 3.19. The Kier molecular flexibility index (Phi) is 4.93. The van der Waals surface area contributed by atoms with Crippen molar-refractivity contribution in [2.75, 3.05) is 0 Å². The molecule has 0 spiro atoms. The molecule has 0 radical (unpaired) electrons. The maximum absolute atomic E-state index is 6.07. The highest BCUT2D eigenvalue weighted by Gasteiger charge is 2.08. The first kappa shape index (κ1) is 13.7. The van der Waals surface area contributed by atoms with E-state index in [1.807, 2.05) is 42.5 Å². The minimum Gasteiger partial charge on any atom is -0.488 e. The number of ether oxygens (including phenoxy) is 1. The minimum absolute atomic E-state index is 0.338. The lowest BCUT2D eigenvalue weighted by Crippen LogP contribution is -1.99. The molecule has 0 aliphatic rings. The van der Waals surface area contributed by atoms with Crippen molar-refractivity contribution in [1.82, 2.24) is 0 Å². The highest BCUT2D eigenvalue weighted by molar-refractivity contribution is 9.10. The monoisotopic (exact) mass is 344 g/mol. The summed E-state index contributed by atoms with van der Waals surface area (Å²) in [5.74, 6) is 1.07. The molecule has 0 N–H and O–H groups in total. The van der Waals surface area contributed by atoms with Crippen molar-refractivity contribution in [3.05, 3.63) is 63.1 Å². The van der Waals surface area contributed by atoms with E-state index in [0.717, 1.165) is 21.3 Å². The molecular formula is C14H11BrCl2O. The fraction of sp³-hybridized carbons (Fsp3) is 0.143. The lowest BCUT2D eigenvalue weighted by molar-refractivity contribution is 0.303. The van der Waals surface area contributed by atoms with Crippen LogP contribution in [0.15, 0.2) is 46.9 Å². The van der Waals surface area contributed by atoms with Crippen LogP contribution in [0.2, 0.25) is 5.02 Å². The lowest BCUT2D eigenvalue weighted by Gasteiger charge is -2.12. The zero-order valence-corrected chi connectivity index (χ0v) is 12.6. The summed E-state index contributed by atoms with van der Waals surface area (Å²) in [6, 6.07) is 13.5. The zero-order chi connectivity index (χ0) is 13.0. The molecule has 0 heterocycles. The fourth-order valence-corrected chi connectivity index (χ4v) is 2.55.